The summed E-state index contributed by atoms with van der Waals surface area (Å²) in [6, 6.07) is 12.2. The third-order valence-electron chi connectivity index (χ3n) is 6.77. The Morgan fingerprint density at radius 2 is 1.08 bits per heavy atom. The van der Waals surface area contributed by atoms with Crippen LogP contribution in [0.4, 0.5) is 22.7 Å². The smallest absolute Gasteiger partial charge is 0.270 e. The molecule has 0 radical (unpaired) electrons. The van der Waals surface area contributed by atoms with E-state index in [1.165, 1.54) is 67.0 Å². The summed E-state index contributed by atoms with van der Waals surface area (Å²) in [4.78, 5) is 53.1. The lowest BCUT2D eigenvalue weighted by Gasteiger charge is -2.27. The Kier molecular flexibility index (Phi) is 4.41. The number of nitro benzene ring substituents is 3. The molecule has 0 atom stereocenters. The average Bonchev–Trinajstić information content (AvgIpc) is 3.56. The summed E-state index contributed by atoms with van der Waals surface area (Å²) < 4.78 is 0. The number of anilines is 1. The number of nitrogens with one attached hydrogen (secondary N) is 3. The third kappa shape index (κ3) is 2.94. The van der Waals surface area contributed by atoms with Gasteiger partial charge in [0, 0.05) is 93.0 Å². The first-order chi connectivity index (χ1) is 17.7. The van der Waals surface area contributed by atoms with Crippen LogP contribution in [0.3, 0.4) is 0 Å². The first kappa shape index (κ1) is 21.9. The molecule has 1 amide bonds. The van der Waals surface area contributed by atoms with Gasteiger partial charge in [0.05, 0.1) is 14.8 Å². The highest BCUT2D eigenvalue weighted by atomic mass is 16.6. The number of hydrogen-bond acceptors (Lipinski definition) is 7. The zero-order chi connectivity index (χ0) is 26.1. The first-order valence-electron chi connectivity index (χ1n) is 10.8. The summed E-state index contributed by atoms with van der Waals surface area (Å²) in [5, 5.41) is 38.2. The molecule has 1 aliphatic rings. The average molecular weight is 498 g/mol. The lowest BCUT2D eigenvalue weighted by Crippen LogP contribution is -2.36. The van der Waals surface area contributed by atoms with Crippen molar-refractivity contribution < 1.29 is 19.6 Å². The van der Waals surface area contributed by atoms with E-state index in [0.717, 1.165) is 0 Å². The van der Waals surface area contributed by atoms with Gasteiger partial charge in [-0.25, -0.2) is 0 Å². The lowest BCUT2D eigenvalue weighted by atomic mass is 9.70. The van der Waals surface area contributed by atoms with Crippen molar-refractivity contribution in [2.24, 2.45) is 0 Å². The monoisotopic (exact) mass is 498 g/mol. The number of aromatic nitrogens is 2. The topological polar surface area (TPSA) is 190 Å². The number of carbonyl (C=O) groups is 1. The summed E-state index contributed by atoms with van der Waals surface area (Å²) in [5.74, 6) is -0.567. The molecule has 3 aromatic carbocycles. The van der Waals surface area contributed by atoms with Gasteiger partial charge in [0.25, 0.3) is 17.1 Å². The summed E-state index contributed by atoms with van der Waals surface area (Å²) >= 11 is 0. The highest BCUT2D eigenvalue weighted by molar-refractivity contribution is 6.15. The quantitative estimate of drug-likeness (QED) is 0.232. The van der Waals surface area contributed by atoms with Gasteiger partial charge in [-0.05, 0) is 18.2 Å². The molecule has 13 nitrogen and oxygen atoms in total. The minimum Gasteiger partial charge on any atom is -0.361 e. The third-order valence-corrected chi connectivity index (χ3v) is 6.77. The van der Waals surface area contributed by atoms with E-state index in [2.05, 4.69) is 15.3 Å². The van der Waals surface area contributed by atoms with Crippen LogP contribution in [0, 0.1) is 30.3 Å². The largest absolute Gasteiger partial charge is 0.361 e. The van der Waals surface area contributed by atoms with Gasteiger partial charge >= 0.3 is 0 Å². The predicted molar refractivity (Wildman–Crippen MR) is 132 cm³/mol. The number of amides is 1. The van der Waals surface area contributed by atoms with Gasteiger partial charge in [0.1, 0.15) is 5.41 Å². The maximum absolute atomic E-state index is 14.0. The van der Waals surface area contributed by atoms with Crippen molar-refractivity contribution in [1.29, 1.82) is 0 Å². The molecular formula is C24H14N6O7. The number of nitrogens with zero attached hydrogens (tertiary/aromatic N) is 3. The number of non-ortho nitro benzene ring substituents is 3. The molecule has 0 spiro atoms. The van der Waals surface area contributed by atoms with Gasteiger partial charge in [-0.15, -0.1) is 0 Å². The van der Waals surface area contributed by atoms with Crippen molar-refractivity contribution in [3.63, 3.8) is 0 Å². The Balaban J connectivity index is 1.78. The summed E-state index contributed by atoms with van der Waals surface area (Å²) in [7, 11) is 0. The Labute approximate surface area is 205 Å². The summed E-state index contributed by atoms with van der Waals surface area (Å²) in [5.41, 5.74) is -0.271. The lowest BCUT2D eigenvalue weighted by molar-refractivity contribution is -0.385. The van der Waals surface area contributed by atoms with Gasteiger partial charge in [0.2, 0.25) is 5.91 Å². The van der Waals surface area contributed by atoms with Crippen LogP contribution in [-0.2, 0) is 10.2 Å². The molecule has 0 saturated heterocycles. The number of hydrogen-bond donors (Lipinski definition) is 3. The van der Waals surface area contributed by atoms with Gasteiger partial charge < -0.3 is 15.3 Å². The predicted octanol–water partition coefficient (Wildman–Crippen LogP) is 4.66. The highest BCUT2D eigenvalue weighted by Gasteiger charge is 2.53. The fourth-order valence-corrected chi connectivity index (χ4v) is 5.15. The van der Waals surface area contributed by atoms with Gasteiger partial charge in [-0.2, -0.15) is 0 Å². The maximum atomic E-state index is 14.0. The highest BCUT2D eigenvalue weighted by Crippen LogP contribution is 2.52. The molecule has 0 unspecified atom stereocenters. The van der Waals surface area contributed by atoms with Crippen molar-refractivity contribution >= 4 is 50.5 Å². The number of aromatic amines is 2. The Morgan fingerprint density at radius 1 is 0.622 bits per heavy atom. The van der Waals surface area contributed by atoms with Crippen LogP contribution < -0.4 is 5.32 Å². The normalized spacial score (nSPS) is 14.0. The standard InChI is InChI=1S/C24H14N6O7/c31-23-24(17-9-14(30(36)37)3-6-22(17)27-23,18-10-25-20-4-1-12(28(32)33)7-15(18)20)19-11-26-21-5-2-13(29(34)35)8-16(19)21/h1-11,25-26H,(H,27,31). The Bertz CT molecular complexity index is 1740. The Morgan fingerprint density at radius 3 is 1.57 bits per heavy atom. The zero-order valence-corrected chi connectivity index (χ0v) is 18.6. The number of benzene rings is 3. The van der Waals surface area contributed by atoms with Crippen LogP contribution in [0.25, 0.3) is 21.8 Å². The molecule has 37 heavy (non-hydrogen) atoms. The van der Waals surface area contributed by atoms with E-state index in [-0.39, 0.29) is 22.6 Å². The van der Waals surface area contributed by atoms with Gasteiger partial charge in [0.15, 0.2) is 0 Å². The molecule has 0 fully saturated rings. The van der Waals surface area contributed by atoms with Crippen LogP contribution in [0.1, 0.15) is 16.7 Å². The fraction of sp³-hybridized carbons (Fsp3) is 0.0417. The molecule has 1 aliphatic heterocycles. The van der Waals surface area contributed by atoms with Crippen molar-refractivity contribution in [2.45, 2.75) is 5.41 Å². The maximum Gasteiger partial charge on any atom is 0.270 e. The SMILES string of the molecule is O=C1Nc2ccc([N+](=O)[O-])cc2C1(c1c[nH]c2ccc([N+](=O)[O-])cc12)c1c[nH]c2ccc([N+](=O)[O-])cc12. The van der Waals surface area contributed by atoms with Crippen LogP contribution >= 0.6 is 0 Å². The second-order valence-corrected chi connectivity index (χ2v) is 8.57. The van der Waals surface area contributed by atoms with Crippen LogP contribution in [0.2, 0.25) is 0 Å². The van der Waals surface area contributed by atoms with E-state index in [9.17, 15) is 35.1 Å². The Hall–Kier alpha value is -5.59. The molecule has 0 aliphatic carbocycles. The summed E-state index contributed by atoms with van der Waals surface area (Å²) in [6.45, 7) is 0. The summed E-state index contributed by atoms with van der Waals surface area (Å²) in [6.07, 6.45) is 3.05. The molecule has 0 saturated carbocycles. The van der Waals surface area contributed by atoms with Crippen molar-refractivity contribution in [3.8, 4) is 0 Å². The van der Waals surface area contributed by atoms with Crippen molar-refractivity contribution in [3.05, 3.63) is 114 Å². The van der Waals surface area contributed by atoms with E-state index < -0.39 is 26.1 Å². The molecular weight excluding hydrogens is 484 g/mol. The number of H-pyrrole nitrogens is 2. The number of nitro groups is 3. The van der Waals surface area contributed by atoms with E-state index in [0.29, 0.717) is 38.6 Å². The second kappa shape index (κ2) is 7.45. The molecule has 5 aromatic rings. The van der Waals surface area contributed by atoms with E-state index in [1.807, 2.05) is 0 Å². The molecule has 3 N–H and O–H groups in total. The van der Waals surface area contributed by atoms with Crippen molar-refractivity contribution in [2.75, 3.05) is 5.32 Å². The van der Waals surface area contributed by atoms with E-state index in [4.69, 9.17) is 0 Å². The molecule has 13 heteroatoms. The zero-order valence-electron chi connectivity index (χ0n) is 18.6. The van der Waals surface area contributed by atoms with Crippen LogP contribution in [0.5, 0.6) is 0 Å². The number of fused-ring (bicyclic) bond motifs is 3. The van der Waals surface area contributed by atoms with Crippen molar-refractivity contribution in [1.82, 2.24) is 9.97 Å². The molecule has 3 heterocycles. The second-order valence-electron chi connectivity index (χ2n) is 8.57. The van der Waals surface area contributed by atoms with Crippen LogP contribution in [-0.4, -0.2) is 30.6 Å². The van der Waals surface area contributed by atoms with Gasteiger partial charge in [-0.3, -0.25) is 35.1 Å². The molecule has 0 bridgehead atoms. The van der Waals surface area contributed by atoms with Crippen LogP contribution in [0.15, 0.2) is 67.0 Å². The molecule has 182 valence electrons. The van der Waals surface area contributed by atoms with E-state index in [1.54, 1.807) is 0 Å². The molecule has 6 rings (SSSR count). The minimum absolute atomic E-state index is 0.212. The molecule has 2 aromatic heterocycles. The number of carbonyl (C=O) groups excluding carboxylic acids is 1. The first-order valence-corrected chi connectivity index (χ1v) is 10.8. The minimum atomic E-state index is -1.73. The van der Waals surface area contributed by atoms with Gasteiger partial charge in [-0.1, -0.05) is 0 Å². The number of rotatable bonds is 5. The fourth-order valence-electron chi connectivity index (χ4n) is 5.15. The van der Waals surface area contributed by atoms with E-state index >= 15 is 0 Å².